The Morgan fingerprint density at radius 3 is 3.04 bits per heavy atom. The minimum absolute atomic E-state index is 0.00777. The molecule has 7 heteroatoms. The van der Waals surface area contributed by atoms with Crippen molar-refractivity contribution in [2.45, 2.75) is 32.2 Å². The molecule has 1 amide bonds. The van der Waals surface area contributed by atoms with Crippen molar-refractivity contribution in [3.05, 3.63) is 45.4 Å². The lowest BCUT2D eigenvalue weighted by Crippen LogP contribution is -2.38. The Bertz CT molecular complexity index is 837. The predicted octanol–water partition coefficient (Wildman–Crippen LogP) is 4.27. The quantitative estimate of drug-likeness (QED) is 0.760. The molecule has 1 aliphatic rings. The number of aryl methyl sites for hydroxylation is 1. The Hall–Kier alpha value is -1.99. The van der Waals surface area contributed by atoms with Crippen LogP contribution in [0.1, 0.15) is 46.5 Å². The number of carbonyl (C=O) groups excluding carboxylic acids is 1. The fraction of sp³-hybridized carbons (Fsp3) is 0.353. The van der Waals surface area contributed by atoms with Gasteiger partial charge >= 0.3 is 0 Å². The Kier molecular flexibility index (Phi) is 4.20. The van der Waals surface area contributed by atoms with Crippen LogP contribution in [0.15, 0.2) is 29.0 Å². The molecule has 0 aliphatic carbocycles. The lowest BCUT2D eigenvalue weighted by Gasteiger charge is -2.34. The highest BCUT2D eigenvalue weighted by Gasteiger charge is 2.31. The fourth-order valence-electron chi connectivity index (χ4n) is 3.09. The van der Waals surface area contributed by atoms with Gasteiger partial charge in [-0.3, -0.25) is 9.89 Å². The molecule has 24 heavy (non-hydrogen) atoms. The first-order valence-corrected chi connectivity index (χ1v) is 9.80. The van der Waals surface area contributed by atoms with Crippen molar-refractivity contribution in [1.82, 2.24) is 20.1 Å². The van der Waals surface area contributed by atoms with E-state index in [0.29, 0.717) is 5.69 Å². The van der Waals surface area contributed by atoms with Crippen LogP contribution in [0.25, 0.3) is 10.6 Å². The molecule has 124 valence electrons. The molecule has 0 spiro atoms. The molecule has 0 saturated carbocycles. The molecular formula is C17H18N4OS2. The summed E-state index contributed by atoms with van der Waals surface area (Å²) in [4.78, 5) is 20.6. The third kappa shape index (κ3) is 2.89. The summed E-state index contributed by atoms with van der Waals surface area (Å²) >= 11 is 3.28. The van der Waals surface area contributed by atoms with Gasteiger partial charge in [0.25, 0.3) is 5.91 Å². The number of rotatable bonds is 3. The van der Waals surface area contributed by atoms with Crippen LogP contribution in [0.3, 0.4) is 0 Å². The minimum atomic E-state index is -0.00777. The van der Waals surface area contributed by atoms with Gasteiger partial charge in [-0.05, 0) is 43.7 Å². The van der Waals surface area contributed by atoms with E-state index in [1.54, 1.807) is 22.7 Å². The fourth-order valence-corrected chi connectivity index (χ4v) is 4.73. The molecule has 4 rings (SSSR count). The number of aromatic amines is 1. The molecule has 1 N–H and O–H groups in total. The molecule has 4 heterocycles. The van der Waals surface area contributed by atoms with Crippen LogP contribution in [0, 0.1) is 6.92 Å². The second-order valence-electron chi connectivity index (χ2n) is 5.98. The van der Waals surface area contributed by atoms with Crippen molar-refractivity contribution in [2.75, 3.05) is 6.54 Å². The Labute approximate surface area is 148 Å². The number of carbonyl (C=O) groups is 1. The summed E-state index contributed by atoms with van der Waals surface area (Å²) in [5.41, 5.74) is 2.40. The third-order valence-electron chi connectivity index (χ3n) is 4.27. The second-order valence-corrected chi connectivity index (χ2v) is 7.82. The van der Waals surface area contributed by atoms with E-state index in [-0.39, 0.29) is 11.9 Å². The van der Waals surface area contributed by atoms with E-state index in [1.807, 2.05) is 35.4 Å². The highest BCUT2D eigenvalue weighted by atomic mass is 32.1. The third-order valence-corrected chi connectivity index (χ3v) is 6.24. The van der Waals surface area contributed by atoms with Gasteiger partial charge in [0, 0.05) is 17.6 Å². The first-order chi connectivity index (χ1) is 11.7. The molecule has 0 bridgehead atoms. The molecular weight excluding hydrogens is 340 g/mol. The van der Waals surface area contributed by atoms with E-state index in [1.165, 1.54) is 0 Å². The smallest absolute Gasteiger partial charge is 0.274 e. The molecule has 0 aromatic carbocycles. The SMILES string of the molecule is Cc1csc(C2CCCCN2C(=O)c2cc(-c3cccs3)[nH]n2)n1. The van der Waals surface area contributed by atoms with Crippen molar-refractivity contribution in [1.29, 1.82) is 0 Å². The van der Waals surface area contributed by atoms with E-state index >= 15 is 0 Å². The van der Waals surface area contributed by atoms with Crippen LogP contribution in [0.4, 0.5) is 0 Å². The predicted molar refractivity (Wildman–Crippen MR) is 96.4 cm³/mol. The Balaban J connectivity index is 1.60. The number of hydrogen-bond acceptors (Lipinski definition) is 5. The number of piperidine rings is 1. The lowest BCUT2D eigenvalue weighted by atomic mass is 10.0. The molecule has 3 aromatic heterocycles. The molecule has 1 aliphatic heterocycles. The van der Waals surface area contributed by atoms with Crippen molar-refractivity contribution < 1.29 is 4.79 Å². The standard InChI is InChI=1S/C17H18N4OS2/c1-11-10-24-16(18-11)14-5-2-3-7-21(14)17(22)13-9-12(19-20-13)15-6-4-8-23-15/h4,6,8-10,14H,2-3,5,7H2,1H3,(H,19,20). The normalized spacial score (nSPS) is 18.0. The molecule has 1 saturated heterocycles. The van der Waals surface area contributed by atoms with Crippen molar-refractivity contribution in [3.63, 3.8) is 0 Å². The van der Waals surface area contributed by atoms with Crippen molar-refractivity contribution in [3.8, 4) is 10.6 Å². The number of nitrogens with zero attached hydrogens (tertiary/aromatic N) is 3. The van der Waals surface area contributed by atoms with Crippen LogP contribution in [0.5, 0.6) is 0 Å². The number of thiazole rings is 1. The number of aromatic nitrogens is 3. The maximum Gasteiger partial charge on any atom is 0.274 e. The van der Waals surface area contributed by atoms with E-state index < -0.39 is 0 Å². The summed E-state index contributed by atoms with van der Waals surface area (Å²) in [6, 6.07) is 5.95. The minimum Gasteiger partial charge on any atom is -0.328 e. The van der Waals surface area contributed by atoms with Gasteiger partial charge < -0.3 is 4.90 Å². The highest BCUT2D eigenvalue weighted by molar-refractivity contribution is 7.13. The Morgan fingerprint density at radius 2 is 2.29 bits per heavy atom. The summed E-state index contributed by atoms with van der Waals surface area (Å²) in [6.45, 7) is 2.76. The first-order valence-electron chi connectivity index (χ1n) is 8.04. The lowest BCUT2D eigenvalue weighted by molar-refractivity contribution is 0.0605. The van der Waals surface area contributed by atoms with Crippen LogP contribution >= 0.6 is 22.7 Å². The topological polar surface area (TPSA) is 61.9 Å². The number of nitrogens with one attached hydrogen (secondary N) is 1. The molecule has 1 fully saturated rings. The van der Waals surface area contributed by atoms with Crippen LogP contribution in [0.2, 0.25) is 0 Å². The number of thiophene rings is 1. The average molecular weight is 358 g/mol. The summed E-state index contributed by atoms with van der Waals surface area (Å²) in [6.07, 6.45) is 3.14. The summed E-state index contributed by atoms with van der Waals surface area (Å²) in [5.74, 6) is -0.00777. The van der Waals surface area contributed by atoms with Crippen LogP contribution < -0.4 is 0 Å². The van der Waals surface area contributed by atoms with Gasteiger partial charge in [0.1, 0.15) is 5.01 Å². The number of amides is 1. The molecule has 0 radical (unpaired) electrons. The van der Waals surface area contributed by atoms with Crippen LogP contribution in [-0.4, -0.2) is 32.5 Å². The van der Waals surface area contributed by atoms with Crippen molar-refractivity contribution >= 4 is 28.6 Å². The highest BCUT2D eigenvalue weighted by Crippen LogP contribution is 2.34. The van der Waals surface area contributed by atoms with Crippen molar-refractivity contribution in [2.24, 2.45) is 0 Å². The zero-order chi connectivity index (χ0) is 16.5. The Morgan fingerprint density at radius 1 is 1.38 bits per heavy atom. The second kappa shape index (κ2) is 6.49. The first kappa shape index (κ1) is 15.5. The van der Waals surface area contributed by atoms with E-state index in [2.05, 4.69) is 20.6 Å². The van der Waals surface area contributed by atoms with Gasteiger partial charge in [-0.15, -0.1) is 22.7 Å². The van der Waals surface area contributed by atoms with Gasteiger partial charge in [0.05, 0.1) is 16.6 Å². The molecule has 3 aromatic rings. The maximum atomic E-state index is 13.0. The largest absolute Gasteiger partial charge is 0.328 e. The number of H-pyrrole nitrogens is 1. The van der Waals surface area contributed by atoms with E-state index in [0.717, 1.165) is 47.1 Å². The van der Waals surface area contributed by atoms with Gasteiger partial charge in [-0.25, -0.2) is 4.98 Å². The summed E-state index contributed by atoms with van der Waals surface area (Å²) in [7, 11) is 0. The van der Waals surface area contributed by atoms with Gasteiger partial charge in [0.2, 0.25) is 0 Å². The van der Waals surface area contributed by atoms with Gasteiger partial charge in [0.15, 0.2) is 5.69 Å². The summed E-state index contributed by atoms with van der Waals surface area (Å²) < 4.78 is 0. The average Bonchev–Trinajstić information content (AvgIpc) is 3.34. The summed E-state index contributed by atoms with van der Waals surface area (Å²) in [5, 5.41) is 12.3. The maximum absolute atomic E-state index is 13.0. The van der Waals surface area contributed by atoms with Crippen LogP contribution in [-0.2, 0) is 0 Å². The number of hydrogen-bond donors (Lipinski definition) is 1. The van der Waals surface area contributed by atoms with E-state index in [9.17, 15) is 4.79 Å². The zero-order valence-electron chi connectivity index (χ0n) is 13.4. The zero-order valence-corrected chi connectivity index (χ0v) is 15.0. The number of likely N-dealkylation sites (tertiary alicyclic amines) is 1. The molecule has 1 atom stereocenters. The van der Waals surface area contributed by atoms with Gasteiger partial charge in [-0.2, -0.15) is 5.10 Å². The van der Waals surface area contributed by atoms with Gasteiger partial charge in [-0.1, -0.05) is 6.07 Å². The van der Waals surface area contributed by atoms with E-state index in [4.69, 9.17) is 0 Å². The monoisotopic (exact) mass is 358 g/mol. The molecule has 1 unspecified atom stereocenters. The molecule has 5 nitrogen and oxygen atoms in total.